The maximum atomic E-state index is 6.25. The number of ether oxygens (including phenoxy) is 3. The fourth-order valence-electron chi connectivity index (χ4n) is 3.72. The molecule has 1 heterocycles. The maximum Gasteiger partial charge on any atom is 0.168 e. The molecule has 0 atom stereocenters. The summed E-state index contributed by atoms with van der Waals surface area (Å²) in [7, 11) is 1.71. The van der Waals surface area contributed by atoms with Gasteiger partial charge < -0.3 is 19.9 Å². The molecule has 5 heteroatoms. The van der Waals surface area contributed by atoms with Gasteiger partial charge in [0.05, 0.1) is 24.8 Å². The van der Waals surface area contributed by atoms with Gasteiger partial charge >= 0.3 is 0 Å². The Labute approximate surface area is 140 Å². The van der Waals surface area contributed by atoms with Crippen LogP contribution in [0.1, 0.15) is 44.1 Å². The average molecular weight is 370 g/mol. The van der Waals surface area contributed by atoms with E-state index >= 15 is 0 Å². The minimum Gasteiger partial charge on any atom is -0.495 e. The Morgan fingerprint density at radius 3 is 2.59 bits per heavy atom. The lowest BCUT2D eigenvalue weighted by molar-refractivity contribution is 0.261. The highest BCUT2D eigenvalue weighted by Crippen LogP contribution is 2.53. The second kappa shape index (κ2) is 6.67. The predicted molar refractivity (Wildman–Crippen MR) is 90.1 cm³/mol. The van der Waals surface area contributed by atoms with Gasteiger partial charge in [-0.25, -0.2) is 0 Å². The summed E-state index contributed by atoms with van der Waals surface area (Å²) in [6.45, 7) is 1.96. The van der Waals surface area contributed by atoms with Crippen LogP contribution in [0.2, 0.25) is 0 Å². The van der Waals surface area contributed by atoms with Gasteiger partial charge in [0.25, 0.3) is 0 Å². The van der Waals surface area contributed by atoms with Gasteiger partial charge in [0.1, 0.15) is 5.75 Å². The van der Waals surface area contributed by atoms with Crippen LogP contribution in [0.5, 0.6) is 17.2 Å². The third-order valence-electron chi connectivity index (χ3n) is 4.88. The van der Waals surface area contributed by atoms with Crippen molar-refractivity contribution >= 4 is 15.9 Å². The van der Waals surface area contributed by atoms with E-state index in [2.05, 4.69) is 15.9 Å². The lowest BCUT2D eigenvalue weighted by Crippen LogP contribution is -2.38. The second-order valence-electron chi connectivity index (χ2n) is 6.19. The first-order valence-corrected chi connectivity index (χ1v) is 8.88. The summed E-state index contributed by atoms with van der Waals surface area (Å²) < 4.78 is 18.6. The molecule has 1 aromatic carbocycles. The summed E-state index contributed by atoms with van der Waals surface area (Å²) in [5.41, 5.74) is 7.27. The Bertz CT molecular complexity index is 541. The Morgan fingerprint density at radius 2 is 1.91 bits per heavy atom. The topological polar surface area (TPSA) is 53.7 Å². The van der Waals surface area contributed by atoms with E-state index in [4.69, 9.17) is 19.9 Å². The molecular weight excluding hydrogens is 346 g/mol. The molecule has 0 radical (unpaired) electrons. The Kier molecular flexibility index (Phi) is 4.83. The molecule has 1 aliphatic heterocycles. The molecule has 3 rings (SSSR count). The van der Waals surface area contributed by atoms with Crippen LogP contribution in [0.15, 0.2) is 10.5 Å². The molecule has 1 saturated carbocycles. The summed E-state index contributed by atoms with van der Waals surface area (Å²) in [5, 5.41) is 0. The summed E-state index contributed by atoms with van der Waals surface area (Å²) in [6.07, 6.45) is 6.71. The summed E-state index contributed by atoms with van der Waals surface area (Å²) in [6, 6.07) is 1.95. The van der Waals surface area contributed by atoms with Crippen LogP contribution >= 0.6 is 15.9 Å². The van der Waals surface area contributed by atoms with Crippen molar-refractivity contribution in [3.8, 4) is 17.2 Å². The molecule has 2 aliphatic rings. The molecule has 122 valence electrons. The number of hydrogen-bond donors (Lipinski definition) is 1. The van der Waals surface area contributed by atoms with Gasteiger partial charge in [-0.15, -0.1) is 0 Å². The van der Waals surface area contributed by atoms with Crippen molar-refractivity contribution in [3.05, 3.63) is 16.1 Å². The first kappa shape index (κ1) is 15.9. The third-order valence-corrected chi connectivity index (χ3v) is 5.47. The minimum atomic E-state index is -0.0782. The molecular formula is C17H24BrNO3. The number of benzene rings is 1. The van der Waals surface area contributed by atoms with E-state index in [-0.39, 0.29) is 5.41 Å². The maximum absolute atomic E-state index is 6.25. The fourth-order valence-corrected chi connectivity index (χ4v) is 4.29. The van der Waals surface area contributed by atoms with Crippen molar-refractivity contribution in [1.82, 2.24) is 0 Å². The first-order valence-electron chi connectivity index (χ1n) is 8.08. The number of halogens is 1. The Morgan fingerprint density at radius 1 is 1.18 bits per heavy atom. The van der Waals surface area contributed by atoms with E-state index in [0.29, 0.717) is 19.8 Å². The lowest BCUT2D eigenvalue weighted by Gasteiger charge is -2.39. The van der Waals surface area contributed by atoms with Crippen LogP contribution in [0.3, 0.4) is 0 Å². The largest absolute Gasteiger partial charge is 0.495 e. The molecule has 1 aromatic rings. The fraction of sp³-hybridized carbons (Fsp3) is 0.647. The molecule has 0 amide bonds. The Balaban J connectivity index is 2.20. The van der Waals surface area contributed by atoms with Crippen LogP contribution in [-0.4, -0.2) is 26.9 Å². The second-order valence-corrected chi connectivity index (χ2v) is 7.04. The smallest absolute Gasteiger partial charge is 0.168 e. The van der Waals surface area contributed by atoms with Gasteiger partial charge in [0.2, 0.25) is 0 Å². The van der Waals surface area contributed by atoms with E-state index in [9.17, 15) is 0 Å². The summed E-state index contributed by atoms with van der Waals surface area (Å²) in [5.74, 6) is 2.49. The van der Waals surface area contributed by atoms with Gasteiger partial charge in [-0.3, -0.25) is 0 Å². The standard InChI is InChI=1S/C17H24BrNO3/c1-20-15-12(18)10-13-16(22-9-5-8-21-13)14(15)17(11-19)6-3-2-4-7-17/h10H,2-9,11,19H2,1H3. The number of methoxy groups -OCH3 is 1. The molecule has 1 aliphatic carbocycles. The molecule has 22 heavy (non-hydrogen) atoms. The number of nitrogens with two attached hydrogens (primary N) is 1. The minimum absolute atomic E-state index is 0.0782. The van der Waals surface area contributed by atoms with Crippen LogP contribution < -0.4 is 19.9 Å². The molecule has 0 saturated heterocycles. The molecule has 0 aromatic heterocycles. The van der Waals surface area contributed by atoms with E-state index in [1.165, 1.54) is 19.3 Å². The van der Waals surface area contributed by atoms with Crippen LogP contribution in [0, 0.1) is 0 Å². The summed E-state index contributed by atoms with van der Waals surface area (Å²) >= 11 is 3.63. The van der Waals surface area contributed by atoms with E-state index in [1.807, 2.05) is 6.07 Å². The van der Waals surface area contributed by atoms with Gasteiger partial charge in [-0.1, -0.05) is 19.3 Å². The average Bonchev–Trinajstić information content (AvgIpc) is 2.79. The van der Waals surface area contributed by atoms with Crippen LogP contribution in [0.25, 0.3) is 0 Å². The molecule has 0 spiro atoms. The zero-order valence-corrected chi connectivity index (χ0v) is 14.7. The van der Waals surface area contributed by atoms with E-state index < -0.39 is 0 Å². The van der Waals surface area contributed by atoms with Crippen molar-refractivity contribution in [1.29, 1.82) is 0 Å². The van der Waals surface area contributed by atoms with Gasteiger partial charge in [-0.2, -0.15) is 0 Å². The zero-order valence-electron chi connectivity index (χ0n) is 13.1. The van der Waals surface area contributed by atoms with Crippen molar-refractivity contribution < 1.29 is 14.2 Å². The highest BCUT2D eigenvalue weighted by atomic mass is 79.9. The third kappa shape index (κ3) is 2.69. The van der Waals surface area contributed by atoms with Crippen LogP contribution in [-0.2, 0) is 5.41 Å². The lowest BCUT2D eigenvalue weighted by atomic mass is 9.68. The zero-order chi connectivity index (χ0) is 15.6. The van der Waals surface area contributed by atoms with E-state index in [1.54, 1.807) is 7.11 Å². The molecule has 0 bridgehead atoms. The van der Waals surface area contributed by atoms with Crippen molar-refractivity contribution in [2.45, 2.75) is 43.9 Å². The van der Waals surface area contributed by atoms with Crippen molar-refractivity contribution in [3.63, 3.8) is 0 Å². The molecule has 4 nitrogen and oxygen atoms in total. The Hall–Kier alpha value is -0.940. The van der Waals surface area contributed by atoms with Crippen molar-refractivity contribution in [2.75, 3.05) is 26.9 Å². The number of rotatable bonds is 3. The van der Waals surface area contributed by atoms with Crippen molar-refractivity contribution in [2.24, 2.45) is 5.73 Å². The number of hydrogen-bond acceptors (Lipinski definition) is 4. The highest BCUT2D eigenvalue weighted by molar-refractivity contribution is 9.10. The number of fused-ring (bicyclic) bond motifs is 1. The SMILES string of the molecule is COc1c(Br)cc2c(c1C1(CN)CCCCC1)OCCCO2. The predicted octanol–water partition coefficient (Wildman–Crippen LogP) is 3.78. The molecule has 2 N–H and O–H groups in total. The normalized spacial score (nSPS) is 20.3. The quantitative estimate of drug-likeness (QED) is 0.880. The highest BCUT2D eigenvalue weighted by Gasteiger charge is 2.40. The molecule has 0 unspecified atom stereocenters. The van der Waals surface area contributed by atoms with Gasteiger partial charge in [0.15, 0.2) is 11.5 Å². The first-order chi connectivity index (χ1) is 10.7. The summed E-state index contributed by atoms with van der Waals surface area (Å²) in [4.78, 5) is 0. The van der Waals surface area contributed by atoms with Crippen LogP contribution in [0.4, 0.5) is 0 Å². The van der Waals surface area contributed by atoms with E-state index in [0.717, 1.165) is 46.5 Å². The van der Waals surface area contributed by atoms with Gasteiger partial charge in [-0.05, 0) is 28.8 Å². The molecule has 1 fully saturated rings. The van der Waals surface area contributed by atoms with Gasteiger partial charge in [0, 0.05) is 30.0 Å². The monoisotopic (exact) mass is 369 g/mol.